The Morgan fingerprint density at radius 3 is 3.00 bits per heavy atom. The highest BCUT2D eigenvalue weighted by Gasteiger charge is 2.16. The third kappa shape index (κ3) is 3.29. The van der Waals surface area contributed by atoms with Gasteiger partial charge in [0, 0.05) is 9.13 Å². The molecular formula is C10H6BrFIN3OS. The van der Waals surface area contributed by atoms with Crippen molar-refractivity contribution in [2.24, 2.45) is 10.2 Å². The number of amides is 1. The minimum absolute atomic E-state index is 0.0876. The van der Waals surface area contributed by atoms with Crippen molar-refractivity contribution in [3.8, 4) is 0 Å². The second-order valence-electron chi connectivity index (χ2n) is 3.25. The van der Waals surface area contributed by atoms with E-state index in [1.54, 1.807) is 12.1 Å². The van der Waals surface area contributed by atoms with E-state index in [4.69, 9.17) is 0 Å². The van der Waals surface area contributed by atoms with E-state index in [2.05, 4.69) is 31.4 Å². The number of amidine groups is 1. The van der Waals surface area contributed by atoms with E-state index in [1.807, 2.05) is 22.6 Å². The lowest BCUT2D eigenvalue weighted by Gasteiger charge is -2.00. The van der Waals surface area contributed by atoms with Crippen LogP contribution in [0.2, 0.25) is 0 Å². The third-order valence-corrected chi connectivity index (χ3v) is 4.50. The van der Waals surface area contributed by atoms with Crippen molar-refractivity contribution in [2.75, 3.05) is 5.75 Å². The minimum atomic E-state index is -0.323. The maximum Gasteiger partial charge on any atom is 0.236 e. The molecule has 0 bridgehead atoms. The Bertz CT molecular complexity index is 564. The van der Waals surface area contributed by atoms with Crippen LogP contribution in [0.1, 0.15) is 5.56 Å². The molecular weight excluding hydrogens is 436 g/mol. The molecule has 0 spiro atoms. The molecule has 1 amide bonds. The van der Waals surface area contributed by atoms with Gasteiger partial charge in [-0.25, -0.2) is 4.39 Å². The van der Waals surface area contributed by atoms with E-state index in [0.717, 1.165) is 0 Å². The number of carbonyl (C=O) groups excluding carboxylic acids is 1. The molecule has 1 aromatic carbocycles. The predicted molar refractivity (Wildman–Crippen MR) is 82.4 cm³/mol. The molecule has 0 unspecified atom stereocenters. The van der Waals surface area contributed by atoms with E-state index < -0.39 is 0 Å². The number of nitrogens with zero attached hydrogens (tertiary/aromatic N) is 2. The van der Waals surface area contributed by atoms with Crippen LogP contribution in [0.4, 0.5) is 4.39 Å². The molecule has 1 aliphatic rings. The van der Waals surface area contributed by atoms with Crippen LogP contribution in [0.3, 0.4) is 0 Å². The molecule has 18 heavy (non-hydrogen) atoms. The first-order valence-corrected chi connectivity index (χ1v) is 7.61. The Labute approximate surface area is 129 Å². The predicted octanol–water partition coefficient (Wildman–Crippen LogP) is 2.75. The van der Waals surface area contributed by atoms with Crippen molar-refractivity contribution in [2.45, 2.75) is 0 Å². The van der Waals surface area contributed by atoms with Gasteiger partial charge in [0.25, 0.3) is 0 Å². The number of nitrogens with one attached hydrogen (secondary N) is 1. The highest BCUT2D eigenvalue weighted by Crippen LogP contribution is 2.23. The maximum absolute atomic E-state index is 13.6. The molecule has 0 atom stereocenters. The summed E-state index contributed by atoms with van der Waals surface area (Å²) in [6.45, 7) is 0. The zero-order chi connectivity index (χ0) is 13.1. The number of hydrogen-bond acceptors (Lipinski definition) is 4. The van der Waals surface area contributed by atoms with Crippen LogP contribution < -0.4 is 5.32 Å². The van der Waals surface area contributed by atoms with Gasteiger partial charge in [0.15, 0.2) is 11.0 Å². The summed E-state index contributed by atoms with van der Waals surface area (Å²) in [6.07, 6.45) is 1.43. The van der Waals surface area contributed by atoms with E-state index in [0.29, 0.717) is 24.5 Å². The first-order valence-electron chi connectivity index (χ1n) is 4.75. The fraction of sp³-hybridized carbons (Fsp3) is 0.100. The summed E-state index contributed by atoms with van der Waals surface area (Å²) in [6, 6.07) is 3.39. The second kappa shape index (κ2) is 6.11. The molecule has 1 fully saturated rings. The van der Waals surface area contributed by atoms with Gasteiger partial charge in [-0.3, -0.25) is 4.79 Å². The summed E-state index contributed by atoms with van der Waals surface area (Å²) < 4.78 is 14.4. The average molecular weight is 442 g/mol. The van der Waals surface area contributed by atoms with Crippen molar-refractivity contribution in [1.29, 1.82) is 0 Å². The molecule has 94 valence electrons. The Morgan fingerprint density at radius 1 is 1.56 bits per heavy atom. The molecule has 1 aliphatic heterocycles. The standard InChI is InChI=1S/C10H6BrFIN3OS/c11-8-5(1-2-6(13)9(8)12)3-14-16-10-15-7(17)4-18-10/h1-3H,4H2,(H,15,16,17). The molecule has 1 heterocycles. The highest BCUT2D eigenvalue weighted by molar-refractivity contribution is 14.1. The molecule has 0 saturated carbocycles. The summed E-state index contributed by atoms with van der Waals surface area (Å²) in [4.78, 5) is 10.9. The van der Waals surface area contributed by atoms with Gasteiger partial charge in [-0.15, -0.1) is 5.10 Å². The molecule has 4 nitrogen and oxygen atoms in total. The number of benzene rings is 1. The molecule has 0 aromatic heterocycles. The largest absolute Gasteiger partial charge is 0.303 e. The van der Waals surface area contributed by atoms with Gasteiger partial charge in [0.2, 0.25) is 5.91 Å². The maximum atomic E-state index is 13.6. The van der Waals surface area contributed by atoms with Crippen molar-refractivity contribution < 1.29 is 9.18 Å². The number of carbonyl (C=O) groups is 1. The Morgan fingerprint density at radius 2 is 2.33 bits per heavy atom. The average Bonchev–Trinajstić information content (AvgIpc) is 2.75. The fourth-order valence-corrected chi connectivity index (χ4v) is 3.06. The summed E-state index contributed by atoms with van der Waals surface area (Å²) >= 11 is 6.35. The number of halogens is 3. The third-order valence-electron chi connectivity index (χ3n) is 2.00. The molecule has 2 rings (SSSR count). The Hall–Kier alpha value is -0.480. The van der Waals surface area contributed by atoms with Crippen LogP contribution in [0.15, 0.2) is 26.8 Å². The highest BCUT2D eigenvalue weighted by atomic mass is 127. The smallest absolute Gasteiger partial charge is 0.236 e. The zero-order valence-corrected chi connectivity index (χ0v) is 13.3. The molecule has 1 N–H and O–H groups in total. The van der Waals surface area contributed by atoms with Gasteiger partial charge in [0.1, 0.15) is 0 Å². The minimum Gasteiger partial charge on any atom is -0.303 e. The Balaban J connectivity index is 2.15. The van der Waals surface area contributed by atoms with Crippen molar-refractivity contribution in [3.05, 3.63) is 31.6 Å². The molecule has 0 aliphatic carbocycles. The van der Waals surface area contributed by atoms with Gasteiger partial charge < -0.3 is 5.32 Å². The van der Waals surface area contributed by atoms with Crippen LogP contribution in [-0.4, -0.2) is 23.0 Å². The summed E-state index contributed by atoms with van der Waals surface area (Å²) in [5.74, 6) is -0.0536. The summed E-state index contributed by atoms with van der Waals surface area (Å²) in [7, 11) is 0. The fourth-order valence-electron chi connectivity index (χ4n) is 1.16. The summed E-state index contributed by atoms with van der Waals surface area (Å²) in [5, 5.41) is 10.7. The first-order chi connectivity index (χ1) is 8.58. The van der Waals surface area contributed by atoms with E-state index in [9.17, 15) is 9.18 Å². The second-order valence-corrected chi connectivity index (χ2v) is 6.17. The number of thioether (sulfide) groups is 1. The van der Waals surface area contributed by atoms with Crippen LogP contribution >= 0.6 is 50.3 Å². The van der Waals surface area contributed by atoms with Gasteiger partial charge >= 0.3 is 0 Å². The van der Waals surface area contributed by atoms with Gasteiger partial charge in [-0.05, 0) is 44.6 Å². The van der Waals surface area contributed by atoms with Crippen molar-refractivity contribution in [3.63, 3.8) is 0 Å². The van der Waals surface area contributed by atoms with Gasteiger partial charge in [-0.2, -0.15) is 5.10 Å². The van der Waals surface area contributed by atoms with Crippen LogP contribution in [0.25, 0.3) is 0 Å². The van der Waals surface area contributed by atoms with Gasteiger partial charge in [-0.1, -0.05) is 17.8 Å². The first kappa shape index (κ1) is 13.9. The van der Waals surface area contributed by atoms with Crippen LogP contribution in [-0.2, 0) is 4.79 Å². The van der Waals surface area contributed by atoms with E-state index in [-0.39, 0.29) is 11.7 Å². The molecule has 8 heteroatoms. The van der Waals surface area contributed by atoms with Gasteiger partial charge in [0.05, 0.1) is 16.4 Å². The monoisotopic (exact) mass is 441 g/mol. The number of hydrogen-bond donors (Lipinski definition) is 1. The lowest BCUT2D eigenvalue weighted by molar-refractivity contribution is -0.116. The Kier molecular flexibility index (Phi) is 4.73. The van der Waals surface area contributed by atoms with Crippen LogP contribution in [0, 0.1) is 9.39 Å². The normalized spacial score (nSPS) is 17.7. The lowest BCUT2D eigenvalue weighted by atomic mass is 10.2. The lowest BCUT2D eigenvalue weighted by Crippen LogP contribution is -2.19. The van der Waals surface area contributed by atoms with Crippen molar-refractivity contribution in [1.82, 2.24) is 5.32 Å². The number of rotatable bonds is 2. The molecule has 1 aromatic rings. The molecule has 0 radical (unpaired) electrons. The molecule has 1 saturated heterocycles. The van der Waals surface area contributed by atoms with E-state index >= 15 is 0 Å². The van der Waals surface area contributed by atoms with Crippen LogP contribution in [0.5, 0.6) is 0 Å². The quantitative estimate of drug-likeness (QED) is 0.332. The summed E-state index contributed by atoms with van der Waals surface area (Å²) in [5.41, 5.74) is 0.589. The topological polar surface area (TPSA) is 53.8 Å². The van der Waals surface area contributed by atoms with E-state index in [1.165, 1.54) is 18.0 Å². The SMILES string of the molecule is O=C1CSC(=NN=Cc2ccc(I)c(F)c2Br)N1. The van der Waals surface area contributed by atoms with Crippen molar-refractivity contribution >= 4 is 67.6 Å². The zero-order valence-electron chi connectivity index (χ0n) is 8.78.